The highest BCUT2D eigenvalue weighted by molar-refractivity contribution is 7.17. The van der Waals surface area contributed by atoms with E-state index >= 15 is 0 Å². The van der Waals surface area contributed by atoms with Crippen molar-refractivity contribution < 1.29 is 9.72 Å². The minimum Gasteiger partial charge on any atom is -0.297 e. The number of carbonyl (C=O) groups is 1. The molecule has 0 aliphatic carbocycles. The molecule has 0 aromatic carbocycles. The van der Waals surface area contributed by atoms with Crippen molar-refractivity contribution >= 4 is 28.7 Å². The lowest BCUT2D eigenvalue weighted by Gasteiger charge is -1.88. The van der Waals surface area contributed by atoms with Crippen molar-refractivity contribution in [2.45, 2.75) is 6.42 Å². The van der Waals surface area contributed by atoms with Crippen LogP contribution in [0.15, 0.2) is 17.3 Å². The van der Waals surface area contributed by atoms with Crippen LogP contribution in [-0.4, -0.2) is 17.8 Å². The third kappa shape index (κ3) is 3.71. The largest absolute Gasteiger partial charge is 0.331 e. The number of aldehydes is 1. The molecule has 0 amide bonds. The molecule has 88 valence electrons. The molecule has 0 bridgehead atoms. The number of nitrogens with zero attached hydrogens (tertiary/aromatic N) is 4. The Morgan fingerprint density at radius 1 is 1.65 bits per heavy atom. The lowest BCUT2D eigenvalue weighted by Crippen LogP contribution is -1.85. The zero-order chi connectivity index (χ0) is 12.7. The van der Waals surface area contributed by atoms with Crippen LogP contribution in [-0.2, 0) is 0 Å². The van der Waals surface area contributed by atoms with Crippen molar-refractivity contribution in [2.75, 3.05) is 6.54 Å². The van der Waals surface area contributed by atoms with E-state index < -0.39 is 4.92 Å². The molecule has 7 nitrogen and oxygen atoms in total. The fourth-order valence-electron chi connectivity index (χ4n) is 1.12. The number of hydrogen-bond donors (Lipinski definition) is 0. The van der Waals surface area contributed by atoms with Crippen LogP contribution < -0.4 is 0 Å². The van der Waals surface area contributed by atoms with Gasteiger partial charge in [0.25, 0.3) is 0 Å². The predicted molar refractivity (Wildman–Crippen MR) is 64.0 cm³/mol. The van der Waals surface area contributed by atoms with E-state index in [0.717, 1.165) is 11.3 Å². The average molecular weight is 252 g/mol. The van der Waals surface area contributed by atoms with Crippen LogP contribution in [0, 0.1) is 10.1 Å². The summed E-state index contributed by atoms with van der Waals surface area (Å²) in [4.78, 5) is 23.6. The van der Waals surface area contributed by atoms with Crippen LogP contribution in [0.4, 0.5) is 5.00 Å². The average Bonchev–Trinajstić information content (AvgIpc) is 2.72. The number of rotatable bonds is 6. The van der Waals surface area contributed by atoms with Crippen LogP contribution >= 0.6 is 11.3 Å². The fraction of sp³-hybridized carbons (Fsp3) is 0.222. The molecule has 0 aliphatic heterocycles. The summed E-state index contributed by atoms with van der Waals surface area (Å²) in [5.74, 6) is 0. The van der Waals surface area contributed by atoms with Crippen molar-refractivity contribution in [2.24, 2.45) is 5.11 Å². The van der Waals surface area contributed by atoms with E-state index in [-0.39, 0.29) is 5.00 Å². The van der Waals surface area contributed by atoms with Crippen LogP contribution in [0.2, 0.25) is 0 Å². The first-order chi connectivity index (χ1) is 8.19. The summed E-state index contributed by atoms with van der Waals surface area (Å²) in [5.41, 5.74) is 8.43. The van der Waals surface area contributed by atoms with E-state index in [4.69, 9.17) is 5.53 Å². The number of thiophene rings is 1. The van der Waals surface area contributed by atoms with Crippen LogP contribution in [0.1, 0.15) is 21.7 Å². The summed E-state index contributed by atoms with van der Waals surface area (Å²) in [7, 11) is 0. The number of carbonyl (C=O) groups excluding carboxylic acids is 1. The molecule has 1 aromatic heterocycles. The molecule has 1 aromatic rings. The lowest BCUT2D eigenvalue weighted by molar-refractivity contribution is -0.380. The third-order valence-electron chi connectivity index (χ3n) is 1.80. The Morgan fingerprint density at radius 2 is 2.41 bits per heavy atom. The molecule has 0 N–H and O–H groups in total. The van der Waals surface area contributed by atoms with E-state index in [1.54, 1.807) is 12.2 Å². The minimum absolute atomic E-state index is 0.0628. The second-order valence-electron chi connectivity index (χ2n) is 2.93. The first-order valence-corrected chi connectivity index (χ1v) is 5.41. The monoisotopic (exact) mass is 252 g/mol. The van der Waals surface area contributed by atoms with E-state index in [1.807, 2.05) is 0 Å². The molecule has 17 heavy (non-hydrogen) atoms. The van der Waals surface area contributed by atoms with E-state index in [0.29, 0.717) is 29.7 Å². The smallest absolute Gasteiger partial charge is 0.297 e. The number of azide groups is 1. The lowest BCUT2D eigenvalue weighted by atomic mass is 10.2. The van der Waals surface area contributed by atoms with Crippen molar-refractivity contribution in [1.29, 1.82) is 0 Å². The Hall–Kier alpha value is -2.18. The highest BCUT2D eigenvalue weighted by Crippen LogP contribution is 2.30. The van der Waals surface area contributed by atoms with Gasteiger partial charge in [0.05, 0.1) is 15.4 Å². The number of hydrogen-bond acceptors (Lipinski definition) is 5. The van der Waals surface area contributed by atoms with Gasteiger partial charge in [-0.05, 0) is 18.0 Å². The summed E-state index contributed by atoms with van der Waals surface area (Å²) in [6.07, 6.45) is 4.29. The zero-order valence-electron chi connectivity index (χ0n) is 8.65. The third-order valence-corrected chi connectivity index (χ3v) is 2.83. The van der Waals surface area contributed by atoms with Gasteiger partial charge < -0.3 is 0 Å². The Balaban J connectivity index is 2.81. The topological polar surface area (TPSA) is 109 Å². The van der Waals surface area contributed by atoms with Crippen molar-refractivity contribution in [3.8, 4) is 0 Å². The molecule has 0 saturated heterocycles. The zero-order valence-corrected chi connectivity index (χ0v) is 9.46. The standard InChI is InChI=1S/C9H8N4O3S/c10-12-11-4-2-1-3-7-5-8(6-14)17-9(7)13(15)16/h1,3,5-6H,2,4H2. The van der Waals surface area contributed by atoms with Gasteiger partial charge in [-0.25, -0.2) is 0 Å². The molecule has 0 aliphatic rings. The second-order valence-corrected chi connectivity index (χ2v) is 3.99. The second kappa shape index (κ2) is 6.41. The molecular formula is C9H8N4O3S. The molecule has 0 saturated carbocycles. The SMILES string of the molecule is [N-]=[N+]=NCCC=Cc1cc(C=O)sc1[N+](=O)[O-]. The summed E-state index contributed by atoms with van der Waals surface area (Å²) < 4.78 is 0. The molecule has 0 atom stereocenters. The van der Waals surface area contributed by atoms with E-state index in [1.165, 1.54) is 6.07 Å². The molecule has 0 unspecified atom stereocenters. The Labute approximate surface area is 100 Å². The van der Waals surface area contributed by atoms with Gasteiger partial charge in [-0.2, -0.15) is 0 Å². The van der Waals surface area contributed by atoms with Crippen molar-refractivity contribution in [3.05, 3.63) is 43.1 Å². The highest BCUT2D eigenvalue weighted by atomic mass is 32.1. The van der Waals surface area contributed by atoms with Gasteiger partial charge in [-0.1, -0.05) is 28.6 Å². The Bertz CT molecular complexity index is 502. The van der Waals surface area contributed by atoms with Gasteiger partial charge in [0.1, 0.15) is 0 Å². The van der Waals surface area contributed by atoms with Gasteiger partial charge >= 0.3 is 5.00 Å². The van der Waals surface area contributed by atoms with Crippen LogP contribution in [0.3, 0.4) is 0 Å². The minimum atomic E-state index is -0.523. The highest BCUT2D eigenvalue weighted by Gasteiger charge is 2.16. The number of nitro groups is 1. The van der Waals surface area contributed by atoms with Gasteiger partial charge in [-0.3, -0.25) is 14.9 Å². The maximum Gasteiger partial charge on any atom is 0.331 e. The van der Waals surface area contributed by atoms with Crippen LogP contribution in [0.25, 0.3) is 16.5 Å². The maximum absolute atomic E-state index is 10.7. The van der Waals surface area contributed by atoms with E-state index in [9.17, 15) is 14.9 Å². The fourth-order valence-corrected chi connectivity index (χ4v) is 1.90. The predicted octanol–water partition coefficient (Wildman–Crippen LogP) is 3.18. The van der Waals surface area contributed by atoms with Gasteiger partial charge in [0, 0.05) is 11.5 Å². The first-order valence-electron chi connectivity index (χ1n) is 4.60. The molecule has 1 rings (SSSR count). The summed E-state index contributed by atoms with van der Waals surface area (Å²) >= 11 is 0.836. The summed E-state index contributed by atoms with van der Waals surface area (Å²) in [6.45, 7) is 0.297. The molecular weight excluding hydrogens is 244 g/mol. The molecule has 1 heterocycles. The quantitative estimate of drug-likeness (QED) is 0.147. The van der Waals surface area contributed by atoms with E-state index in [2.05, 4.69) is 10.0 Å². The van der Waals surface area contributed by atoms with Gasteiger partial charge in [-0.15, -0.1) is 0 Å². The van der Waals surface area contributed by atoms with Crippen molar-refractivity contribution in [1.82, 2.24) is 0 Å². The molecule has 8 heteroatoms. The molecule has 0 fully saturated rings. The summed E-state index contributed by atoms with van der Waals surface area (Å²) in [5, 5.41) is 13.9. The Kier molecular flexibility index (Phi) is 4.86. The first kappa shape index (κ1) is 12.9. The Morgan fingerprint density at radius 3 is 3.00 bits per heavy atom. The summed E-state index contributed by atoms with van der Waals surface area (Å²) in [6, 6.07) is 1.46. The normalized spacial score (nSPS) is 10.1. The maximum atomic E-state index is 10.7. The molecule has 0 spiro atoms. The van der Waals surface area contributed by atoms with Crippen molar-refractivity contribution in [3.63, 3.8) is 0 Å². The molecule has 0 radical (unpaired) electrons. The van der Waals surface area contributed by atoms with Crippen LogP contribution in [0.5, 0.6) is 0 Å². The van der Waals surface area contributed by atoms with Gasteiger partial charge in [0.2, 0.25) is 0 Å². The van der Waals surface area contributed by atoms with Gasteiger partial charge in [0.15, 0.2) is 6.29 Å².